The summed E-state index contributed by atoms with van der Waals surface area (Å²) in [5, 5.41) is 9.91. The van der Waals surface area contributed by atoms with Gasteiger partial charge in [0.25, 0.3) is 0 Å². The van der Waals surface area contributed by atoms with E-state index in [2.05, 4.69) is 37.4 Å². The van der Waals surface area contributed by atoms with Crippen LogP contribution < -0.4 is 9.75 Å². The smallest absolute Gasteiger partial charge is 0.207 e. The second-order valence-electron chi connectivity index (χ2n) is 7.67. The molecule has 7 heteroatoms. The highest BCUT2D eigenvalue weighted by molar-refractivity contribution is 8.93. The van der Waals surface area contributed by atoms with Gasteiger partial charge < -0.3 is 9.15 Å². The molecule has 0 aliphatic carbocycles. The van der Waals surface area contributed by atoms with Crippen LogP contribution in [0.15, 0.2) is 75.8 Å². The molecule has 3 heterocycles. The van der Waals surface area contributed by atoms with Gasteiger partial charge in [-0.15, -0.1) is 28.3 Å². The predicted molar refractivity (Wildman–Crippen MR) is 135 cm³/mol. The molecule has 1 unspecified atom stereocenters. The number of halogens is 1. The zero-order valence-corrected chi connectivity index (χ0v) is 20.6. The van der Waals surface area contributed by atoms with Crippen LogP contribution in [-0.4, -0.2) is 17.8 Å². The van der Waals surface area contributed by atoms with Crippen LogP contribution in [0.5, 0.6) is 5.75 Å². The Labute approximate surface area is 202 Å². The number of hydrazone groups is 1. The molecule has 164 valence electrons. The highest BCUT2D eigenvalue weighted by atomic mass is 79.9. The van der Waals surface area contributed by atoms with E-state index in [1.165, 1.54) is 11.1 Å². The van der Waals surface area contributed by atoms with Gasteiger partial charge in [-0.05, 0) is 73.0 Å². The Morgan fingerprint density at radius 1 is 1.03 bits per heavy atom. The lowest BCUT2D eigenvalue weighted by molar-refractivity contribution is 0.415. The second kappa shape index (κ2) is 9.30. The molecule has 0 saturated heterocycles. The number of hydrogen-bond acceptors (Lipinski definition) is 6. The first-order chi connectivity index (χ1) is 15.1. The zero-order chi connectivity index (χ0) is 21.4. The molecule has 1 aliphatic heterocycles. The van der Waals surface area contributed by atoms with E-state index in [1.54, 1.807) is 24.7 Å². The fourth-order valence-corrected chi connectivity index (χ4v) is 4.58. The van der Waals surface area contributed by atoms with Gasteiger partial charge in [-0.25, -0.2) is 9.99 Å². The van der Waals surface area contributed by atoms with Gasteiger partial charge in [-0.1, -0.05) is 12.1 Å². The van der Waals surface area contributed by atoms with Crippen LogP contribution in [0.4, 0.5) is 5.13 Å². The Kier molecular flexibility index (Phi) is 6.48. The maximum Gasteiger partial charge on any atom is 0.207 e. The summed E-state index contributed by atoms with van der Waals surface area (Å²) in [7, 11) is 1.67. The number of methoxy groups -OCH3 is 1. The largest absolute Gasteiger partial charge is 0.497 e. The van der Waals surface area contributed by atoms with E-state index >= 15 is 0 Å². The Hall–Kier alpha value is -2.90. The van der Waals surface area contributed by atoms with E-state index in [0.717, 1.165) is 45.6 Å². The summed E-state index contributed by atoms with van der Waals surface area (Å²) >= 11 is 1.60. The summed E-state index contributed by atoms with van der Waals surface area (Å²) in [5.74, 6) is 1.72. The van der Waals surface area contributed by atoms with Crippen LogP contribution >= 0.6 is 28.3 Å². The van der Waals surface area contributed by atoms with Crippen molar-refractivity contribution in [1.29, 1.82) is 0 Å². The normalized spacial score (nSPS) is 15.4. The first-order valence-corrected chi connectivity index (χ1v) is 11.1. The third-order valence-corrected chi connectivity index (χ3v) is 6.53. The minimum absolute atomic E-state index is 0. The lowest BCUT2D eigenvalue weighted by atomic mass is 10.0. The van der Waals surface area contributed by atoms with Crippen LogP contribution in [0.2, 0.25) is 0 Å². The van der Waals surface area contributed by atoms with Crippen molar-refractivity contribution in [3.63, 3.8) is 0 Å². The number of aromatic nitrogens is 1. The van der Waals surface area contributed by atoms with Gasteiger partial charge in [0.2, 0.25) is 5.13 Å². The summed E-state index contributed by atoms with van der Waals surface area (Å²) in [6, 6.07) is 18.4. The molecule has 0 fully saturated rings. The molecule has 5 nitrogen and oxygen atoms in total. The van der Waals surface area contributed by atoms with Gasteiger partial charge in [-0.2, -0.15) is 5.10 Å². The van der Waals surface area contributed by atoms with Crippen LogP contribution in [0.25, 0.3) is 11.3 Å². The number of anilines is 1. The van der Waals surface area contributed by atoms with Gasteiger partial charge in [0, 0.05) is 17.4 Å². The second-order valence-corrected chi connectivity index (χ2v) is 8.51. The Morgan fingerprint density at radius 2 is 1.81 bits per heavy atom. The third-order valence-electron chi connectivity index (χ3n) is 5.70. The number of furan rings is 1. The summed E-state index contributed by atoms with van der Waals surface area (Å²) in [4.78, 5) is 4.92. The quantitative estimate of drug-likeness (QED) is 0.291. The van der Waals surface area contributed by atoms with E-state index in [1.807, 2.05) is 41.4 Å². The van der Waals surface area contributed by atoms with E-state index in [0.29, 0.717) is 0 Å². The van der Waals surface area contributed by atoms with Crippen molar-refractivity contribution in [3.05, 3.63) is 88.7 Å². The zero-order valence-electron chi connectivity index (χ0n) is 18.1. The molecule has 5 rings (SSSR count). The number of benzene rings is 2. The van der Waals surface area contributed by atoms with Crippen LogP contribution in [0.3, 0.4) is 0 Å². The summed E-state index contributed by atoms with van der Waals surface area (Å²) in [6.45, 7) is 4.25. The number of thiazole rings is 1. The lowest BCUT2D eigenvalue weighted by Crippen LogP contribution is -2.17. The molecule has 32 heavy (non-hydrogen) atoms. The fourth-order valence-electron chi connectivity index (χ4n) is 3.75. The summed E-state index contributed by atoms with van der Waals surface area (Å²) in [6.07, 6.45) is 2.46. The van der Waals surface area contributed by atoms with Gasteiger partial charge in [0.15, 0.2) is 0 Å². The first-order valence-electron chi connectivity index (χ1n) is 10.2. The average molecular weight is 510 g/mol. The SMILES string of the molecule is Br.COc1ccc(C2=NN(c3nc(-c4ccc(C)c(C)c4)cs3)C(c3ccco3)C2)cc1. The van der Waals surface area contributed by atoms with Crippen molar-refractivity contribution >= 4 is 39.2 Å². The number of ether oxygens (including phenoxy) is 1. The fraction of sp³-hybridized carbons (Fsp3) is 0.200. The molecule has 0 bridgehead atoms. The third kappa shape index (κ3) is 4.23. The molecular formula is C25H24BrN3O2S. The average Bonchev–Trinajstić information content (AvgIpc) is 3.55. The standard InChI is InChI=1S/C25H23N3O2S.BrH/c1-16-6-7-19(13-17(16)2)22-15-31-25(26-22)28-23(24-5-4-12-30-24)14-21(27-28)18-8-10-20(29-3)11-9-18;/h4-13,15,23H,14H2,1-3H3;1H. The molecule has 0 saturated carbocycles. The van der Waals surface area contributed by atoms with Gasteiger partial charge in [0.05, 0.1) is 24.8 Å². The van der Waals surface area contributed by atoms with Crippen LogP contribution in [-0.2, 0) is 0 Å². The molecule has 4 aromatic rings. The number of rotatable bonds is 5. The van der Waals surface area contributed by atoms with Crippen molar-refractivity contribution in [1.82, 2.24) is 4.98 Å². The molecule has 0 radical (unpaired) electrons. The Bertz CT molecular complexity index is 1230. The molecule has 1 atom stereocenters. The van der Waals surface area contributed by atoms with Crippen molar-refractivity contribution < 1.29 is 9.15 Å². The van der Waals surface area contributed by atoms with Crippen LogP contribution in [0.1, 0.15) is 34.9 Å². The van der Waals surface area contributed by atoms with Gasteiger partial charge >= 0.3 is 0 Å². The first kappa shape index (κ1) is 22.3. The topological polar surface area (TPSA) is 50.9 Å². The van der Waals surface area contributed by atoms with Gasteiger partial charge in [0.1, 0.15) is 17.6 Å². The number of nitrogens with zero attached hydrogens (tertiary/aromatic N) is 3. The number of aryl methyl sites for hydroxylation is 2. The molecule has 0 N–H and O–H groups in total. The maximum absolute atomic E-state index is 5.75. The van der Waals surface area contributed by atoms with Crippen LogP contribution in [0, 0.1) is 13.8 Å². The highest BCUT2D eigenvalue weighted by Gasteiger charge is 2.33. The number of hydrogen-bond donors (Lipinski definition) is 0. The monoisotopic (exact) mass is 509 g/mol. The molecule has 2 aromatic carbocycles. The minimum atomic E-state index is -0.0224. The minimum Gasteiger partial charge on any atom is -0.497 e. The Morgan fingerprint density at radius 3 is 2.50 bits per heavy atom. The van der Waals surface area contributed by atoms with Crippen molar-refractivity contribution in [2.45, 2.75) is 26.3 Å². The van der Waals surface area contributed by atoms with E-state index < -0.39 is 0 Å². The summed E-state index contributed by atoms with van der Waals surface area (Å²) < 4.78 is 11.0. The molecule has 0 spiro atoms. The molecule has 2 aromatic heterocycles. The maximum atomic E-state index is 5.75. The highest BCUT2D eigenvalue weighted by Crippen LogP contribution is 2.39. The molecule has 1 aliphatic rings. The van der Waals surface area contributed by atoms with Crippen molar-refractivity contribution in [3.8, 4) is 17.0 Å². The predicted octanol–water partition coefficient (Wildman–Crippen LogP) is 6.96. The Balaban J connectivity index is 0.00000245. The van der Waals surface area contributed by atoms with Gasteiger partial charge in [-0.3, -0.25) is 0 Å². The summed E-state index contributed by atoms with van der Waals surface area (Å²) in [5.41, 5.74) is 6.72. The van der Waals surface area contributed by atoms with Crippen molar-refractivity contribution in [2.75, 3.05) is 12.1 Å². The molecule has 0 amide bonds. The lowest BCUT2D eigenvalue weighted by Gasteiger charge is -2.18. The van der Waals surface area contributed by atoms with E-state index in [9.17, 15) is 0 Å². The van der Waals surface area contributed by atoms with E-state index in [-0.39, 0.29) is 23.0 Å². The van der Waals surface area contributed by atoms with Crippen molar-refractivity contribution in [2.24, 2.45) is 5.10 Å². The molecular weight excluding hydrogens is 486 g/mol. The van der Waals surface area contributed by atoms with E-state index in [4.69, 9.17) is 19.2 Å².